The van der Waals surface area contributed by atoms with Gasteiger partial charge in [0.15, 0.2) is 6.61 Å². The van der Waals surface area contributed by atoms with Crippen LogP contribution in [0.2, 0.25) is 0 Å². The first-order chi connectivity index (χ1) is 12.9. The summed E-state index contributed by atoms with van der Waals surface area (Å²) in [5, 5.41) is 0.823. The minimum atomic E-state index is -0.468. The molecule has 0 aliphatic carbocycles. The highest BCUT2D eigenvalue weighted by Crippen LogP contribution is 2.26. The molecule has 0 aliphatic rings. The molecule has 0 atom stereocenters. The van der Waals surface area contributed by atoms with Crippen LogP contribution in [0.15, 0.2) is 41.0 Å². The summed E-state index contributed by atoms with van der Waals surface area (Å²) in [6.07, 6.45) is 1.57. The van der Waals surface area contributed by atoms with Crippen molar-refractivity contribution in [2.24, 2.45) is 0 Å². The first-order valence-electron chi connectivity index (χ1n) is 8.70. The van der Waals surface area contributed by atoms with Crippen LogP contribution >= 0.6 is 0 Å². The van der Waals surface area contributed by atoms with Gasteiger partial charge in [-0.25, -0.2) is 0 Å². The number of hydrogen-bond acceptors (Lipinski definition) is 5. The summed E-state index contributed by atoms with van der Waals surface area (Å²) in [7, 11) is 1.58. The summed E-state index contributed by atoms with van der Waals surface area (Å²) in [6.45, 7) is 5.49. The van der Waals surface area contributed by atoms with Gasteiger partial charge in [-0.05, 0) is 44.0 Å². The fraction of sp³-hybridized carbons (Fsp3) is 0.273. The highest BCUT2D eigenvalue weighted by molar-refractivity contribution is 6.00. The van der Waals surface area contributed by atoms with Crippen LogP contribution in [0.4, 0.5) is 0 Å². The number of carbonyl (C=O) groups is 2. The van der Waals surface area contributed by atoms with E-state index in [0.29, 0.717) is 22.5 Å². The molecule has 1 aromatic heterocycles. The van der Waals surface area contributed by atoms with Gasteiger partial charge in [0.1, 0.15) is 11.3 Å². The second kappa shape index (κ2) is 7.66. The quantitative estimate of drug-likeness (QED) is 0.480. The third kappa shape index (κ3) is 4.03. The van der Waals surface area contributed by atoms with Gasteiger partial charge < -0.3 is 13.9 Å². The summed E-state index contributed by atoms with van der Waals surface area (Å²) < 4.78 is 15.8. The van der Waals surface area contributed by atoms with E-state index in [0.717, 1.165) is 22.1 Å². The Balaban J connectivity index is 1.66. The van der Waals surface area contributed by atoms with Gasteiger partial charge in [0, 0.05) is 22.6 Å². The lowest BCUT2D eigenvalue weighted by molar-refractivity contribution is -0.141. The van der Waals surface area contributed by atoms with Crippen LogP contribution in [0, 0.1) is 20.8 Å². The fourth-order valence-electron chi connectivity index (χ4n) is 3.37. The first-order valence-corrected chi connectivity index (χ1v) is 8.70. The van der Waals surface area contributed by atoms with Crippen LogP contribution < -0.4 is 4.74 Å². The first kappa shape index (κ1) is 18.7. The van der Waals surface area contributed by atoms with Crippen molar-refractivity contribution in [1.82, 2.24) is 0 Å². The van der Waals surface area contributed by atoms with Crippen molar-refractivity contribution < 1.29 is 23.5 Å². The zero-order chi connectivity index (χ0) is 19.6. The maximum absolute atomic E-state index is 12.5. The number of rotatable bonds is 6. The number of benzene rings is 2. The lowest BCUT2D eigenvalue weighted by Crippen LogP contribution is -2.17. The molecular formula is C22H22O5. The van der Waals surface area contributed by atoms with Gasteiger partial charge in [0.05, 0.1) is 19.8 Å². The number of ketones is 1. The smallest absolute Gasteiger partial charge is 0.310 e. The number of hydrogen-bond donors (Lipinski definition) is 0. The molecule has 0 fully saturated rings. The van der Waals surface area contributed by atoms with Crippen molar-refractivity contribution >= 4 is 22.7 Å². The van der Waals surface area contributed by atoms with E-state index in [1.54, 1.807) is 19.2 Å². The third-order valence-corrected chi connectivity index (χ3v) is 4.52. The minimum Gasteiger partial charge on any atom is -0.497 e. The maximum atomic E-state index is 12.5. The van der Waals surface area contributed by atoms with E-state index in [-0.39, 0.29) is 18.8 Å². The van der Waals surface area contributed by atoms with Crippen LogP contribution in [0.3, 0.4) is 0 Å². The topological polar surface area (TPSA) is 65.7 Å². The van der Waals surface area contributed by atoms with E-state index in [1.807, 2.05) is 39.0 Å². The Hall–Kier alpha value is -3.08. The normalized spacial score (nSPS) is 10.8. The molecular weight excluding hydrogens is 344 g/mol. The Labute approximate surface area is 157 Å². The van der Waals surface area contributed by atoms with E-state index in [1.165, 1.54) is 6.26 Å². The van der Waals surface area contributed by atoms with Crippen molar-refractivity contribution in [3.05, 3.63) is 64.4 Å². The summed E-state index contributed by atoms with van der Waals surface area (Å²) >= 11 is 0. The highest BCUT2D eigenvalue weighted by atomic mass is 16.5. The van der Waals surface area contributed by atoms with Gasteiger partial charge in [-0.15, -0.1) is 0 Å². The SMILES string of the molecule is COc1ccc2c(CC(=O)OCC(=O)c3c(C)cc(C)cc3C)coc2c1. The molecule has 0 amide bonds. The number of carbonyl (C=O) groups excluding carboxylic acids is 2. The van der Waals surface area contributed by atoms with Crippen LogP contribution in [0.1, 0.15) is 32.6 Å². The van der Waals surface area contributed by atoms with Gasteiger partial charge in [0.25, 0.3) is 0 Å². The van der Waals surface area contributed by atoms with Crippen molar-refractivity contribution in [2.75, 3.05) is 13.7 Å². The van der Waals surface area contributed by atoms with Crippen LogP contribution in [0.25, 0.3) is 11.0 Å². The molecule has 0 unspecified atom stereocenters. The van der Waals surface area contributed by atoms with Crippen molar-refractivity contribution in [1.29, 1.82) is 0 Å². The summed E-state index contributed by atoms with van der Waals surface area (Å²) in [6, 6.07) is 9.31. The minimum absolute atomic E-state index is 0.0401. The van der Waals surface area contributed by atoms with E-state index in [9.17, 15) is 9.59 Å². The Morgan fingerprint density at radius 3 is 2.41 bits per heavy atom. The number of methoxy groups -OCH3 is 1. The molecule has 5 nitrogen and oxygen atoms in total. The molecule has 5 heteroatoms. The number of esters is 1. The fourth-order valence-corrected chi connectivity index (χ4v) is 3.37. The van der Waals surface area contributed by atoms with Gasteiger partial charge in [-0.3, -0.25) is 9.59 Å². The summed E-state index contributed by atoms with van der Waals surface area (Å²) in [5.74, 6) is 0.0184. The zero-order valence-electron chi connectivity index (χ0n) is 15.9. The Morgan fingerprint density at radius 1 is 1.04 bits per heavy atom. The van der Waals surface area contributed by atoms with Crippen molar-refractivity contribution in [2.45, 2.75) is 27.2 Å². The lowest BCUT2D eigenvalue weighted by Gasteiger charge is -2.10. The monoisotopic (exact) mass is 366 g/mol. The molecule has 0 aliphatic heterocycles. The average molecular weight is 366 g/mol. The molecule has 140 valence electrons. The van der Waals surface area contributed by atoms with Crippen LogP contribution in [0.5, 0.6) is 5.75 Å². The molecule has 0 saturated heterocycles. The number of aryl methyl sites for hydroxylation is 3. The molecule has 0 N–H and O–H groups in total. The predicted octanol–water partition coefficient (Wildman–Crippen LogP) is 4.34. The molecule has 1 heterocycles. The zero-order valence-corrected chi connectivity index (χ0v) is 15.9. The van der Waals surface area contributed by atoms with Gasteiger partial charge in [0.2, 0.25) is 5.78 Å². The predicted molar refractivity (Wildman–Crippen MR) is 102 cm³/mol. The number of ether oxygens (including phenoxy) is 2. The molecule has 0 spiro atoms. The largest absolute Gasteiger partial charge is 0.497 e. The molecule has 27 heavy (non-hydrogen) atoms. The molecule has 0 bridgehead atoms. The summed E-state index contributed by atoms with van der Waals surface area (Å²) in [5.41, 5.74) is 4.86. The van der Waals surface area contributed by atoms with E-state index in [2.05, 4.69) is 0 Å². The Kier molecular flexibility index (Phi) is 5.31. The Bertz CT molecular complexity index is 990. The molecule has 3 rings (SSSR count). The Morgan fingerprint density at radius 2 is 1.74 bits per heavy atom. The van der Waals surface area contributed by atoms with E-state index >= 15 is 0 Å². The number of furan rings is 1. The molecule has 2 aromatic carbocycles. The van der Waals surface area contributed by atoms with E-state index in [4.69, 9.17) is 13.9 Å². The van der Waals surface area contributed by atoms with Gasteiger partial charge in [-0.1, -0.05) is 17.7 Å². The van der Waals surface area contributed by atoms with Crippen molar-refractivity contribution in [3.8, 4) is 5.75 Å². The highest BCUT2D eigenvalue weighted by Gasteiger charge is 2.17. The maximum Gasteiger partial charge on any atom is 0.310 e. The van der Waals surface area contributed by atoms with Gasteiger partial charge >= 0.3 is 5.97 Å². The number of Topliss-reactive ketones (excluding diaryl/α,β-unsaturated/α-hetero) is 1. The van der Waals surface area contributed by atoms with Crippen LogP contribution in [-0.4, -0.2) is 25.5 Å². The average Bonchev–Trinajstić information content (AvgIpc) is 3.01. The number of fused-ring (bicyclic) bond motifs is 1. The van der Waals surface area contributed by atoms with Gasteiger partial charge in [-0.2, -0.15) is 0 Å². The van der Waals surface area contributed by atoms with Crippen molar-refractivity contribution in [3.63, 3.8) is 0 Å². The van der Waals surface area contributed by atoms with E-state index < -0.39 is 5.97 Å². The molecule has 3 aromatic rings. The summed E-state index contributed by atoms with van der Waals surface area (Å²) in [4.78, 5) is 24.7. The molecule has 0 radical (unpaired) electrons. The standard InChI is InChI=1S/C22H22O5/c1-13-7-14(2)22(15(3)8-13)19(23)12-27-21(24)9-16-11-26-20-10-17(25-4)5-6-18(16)20/h5-8,10-11H,9,12H2,1-4H3. The second-order valence-corrected chi connectivity index (χ2v) is 6.66. The third-order valence-electron chi connectivity index (χ3n) is 4.52. The lowest BCUT2D eigenvalue weighted by atomic mass is 9.97. The second-order valence-electron chi connectivity index (χ2n) is 6.66. The van der Waals surface area contributed by atoms with Crippen LogP contribution in [-0.2, 0) is 16.0 Å². The molecule has 0 saturated carbocycles.